The molecule has 0 unspecified atom stereocenters. The van der Waals surface area contributed by atoms with Crippen molar-refractivity contribution >= 4 is 17.2 Å². The van der Waals surface area contributed by atoms with Crippen molar-refractivity contribution in [2.24, 2.45) is 0 Å². The number of fused-ring (bicyclic) bond motifs is 1. The number of methoxy groups -OCH3 is 1. The molecule has 0 saturated carbocycles. The first kappa shape index (κ1) is 11.3. The lowest BCUT2D eigenvalue weighted by Gasteiger charge is -2.21. The molecule has 0 aromatic carbocycles. The fraction of sp³-hybridized carbons (Fsp3) is 0.500. The quantitative estimate of drug-likeness (QED) is 0.820. The molecule has 0 aliphatic heterocycles. The predicted molar refractivity (Wildman–Crippen MR) is 60.6 cm³/mol. The third-order valence-electron chi connectivity index (χ3n) is 2.49. The van der Waals surface area contributed by atoms with Gasteiger partial charge in [0.25, 0.3) is 0 Å². The maximum atomic E-state index is 5.91. The summed E-state index contributed by atoms with van der Waals surface area (Å²) in [6.45, 7) is 3.99. The van der Waals surface area contributed by atoms with Gasteiger partial charge in [0.15, 0.2) is 10.8 Å². The Morgan fingerprint density at radius 3 is 2.88 bits per heavy atom. The zero-order valence-corrected chi connectivity index (χ0v) is 10.2. The number of halogens is 1. The van der Waals surface area contributed by atoms with Crippen LogP contribution >= 0.6 is 11.6 Å². The molecular weight excluding hydrogens is 228 g/mol. The summed E-state index contributed by atoms with van der Waals surface area (Å²) in [7, 11) is 1.68. The van der Waals surface area contributed by atoms with Gasteiger partial charge < -0.3 is 4.74 Å². The zero-order chi connectivity index (χ0) is 11.8. The molecule has 2 heterocycles. The first-order valence-electron chi connectivity index (χ1n) is 4.93. The Bertz CT molecular complexity index is 508. The van der Waals surface area contributed by atoms with Crippen LogP contribution in [0.2, 0.25) is 5.15 Å². The molecule has 5 nitrogen and oxygen atoms in total. The van der Waals surface area contributed by atoms with Gasteiger partial charge in [0.2, 0.25) is 0 Å². The molecule has 0 amide bonds. The van der Waals surface area contributed by atoms with Crippen molar-refractivity contribution in [3.8, 4) is 0 Å². The summed E-state index contributed by atoms with van der Waals surface area (Å²) in [5.41, 5.74) is 0.296. The smallest absolute Gasteiger partial charge is 0.198 e. The van der Waals surface area contributed by atoms with Crippen LogP contribution in [0.15, 0.2) is 12.4 Å². The van der Waals surface area contributed by atoms with Gasteiger partial charge in [-0.3, -0.25) is 4.40 Å². The van der Waals surface area contributed by atoms with Crippen LogP contribution in [0.25, 0.3) is 5.65 Å². The minimum absolute atomic E-state index is 0.279. The topological polar surface area (TPSA) is 52.3 Å². The summed E-state index contributed by atoms with van der Waals surface area (Å²) in [5.74, 6) is 0.811. The van der Waals surface area contributed by atoms with Gasteiger partial charge >= 0.3 is 0 Å². The van der Waals surface area contributed by atoms with Crippen molar-refractivity contribution in [1.29, 1.82) is 0 Å². The number of rotatable bonds is 3. The average Bonchev–Trinajstić information content (AvgIpc) is 2.63. The van der Waals surface area contributed by atoms with E-state index in [0.29, 0.717) is 17.2 Å². The van der Waals surface area contributed by atoms with Crippen LogP contribution in [0.3, 0.4) is 0 Å². The Morgan fingerprint density at radius 2 is 2.19 bits per heavy atom. The van der Waals surface area contributed by atoms with Crippen LogP contribution in [-0.4, -0.2) is 32.3 Å². The molecule has 0 aliphatic carbocycles. The second-order valence-electron chi connectivity index (χ2n) is 4.17. The minimum atomic E-state index is -0.279. The van der Waals surface area contributed by atoms with E-state index < -0.39 is 0 Å². The molecule has 0 bridgehead atoms. The lowest BCUT2D eigenvalue weighted by Crippen LogP contribution is -2.26. The molecule has 86 valence electrons. The van der Waals surface area contributed by atoms with E-state index in [9.17, 15) is 0 Å². The Kier molecular flexibility index (Phi) is 2.82. The number of hydrogen-bond donors (Lipinski definition) is 0. The molecule has 16 heavy (non-hydrogen) atoms. The summed E-state index contributed by atoms with van der Waals surface area (Å²) in [6, 6.07) is 0. The minimum Gasteiger partial charge on any atom is -0.378 e. The molecule has 0 radical (unpaired) electrons. The zero-order valence-electron chi connectivity index (χ0n) is 9.44. The lowest BCUT2D eigenvalue weighted by molar-refractivity contribution is 0.0214. The fourth-order valence-electron chi connectivity index (χ4n) is 1.42. The van der Waals surface area contributed by atoms with E-state index in [4.69, 9.17) is 16.3 Å². The van der Waals surface area contributed by atoms with Crippen molar-refractivity contribution in [3.63, 3.8) is 0 Å². The fourth-order valence-corrected chi connectivity index (χ4v) is 1.60. The molecule has 0 saturated heterocycles. The van der Waals surface area contributed by atoms with Gasteiger partial charge in [-0.05, 0) is 13.8 Å². The first-order chi connectivity index (χ1) is 7.53. The van der Waals surface area contributed by atoms with E-state index in [-0.39, 0.29) is 5.60 Å². The predicted octanol–water partition coefficient (Wildman–Crippen LogP) is 1.75. The van der Waals surface area contributed by atoms with Gasteiger partial charge in [0.05, 0.1) is 5.60 Å². The molecule has 0 spiro atoms. The SMILES string of the molecule is COC(C)(C)Cc1nnc2c(Cl)nccn12. The Morgan fingerprint density at radius 1 is 1.44 bits per heavy atom. The van der Waals surface area contributed by atoms with E-state index in [1.807, 2.05) is 18.2 Å². The molecule has 0 fully saturated rings. The lowest BCUT2D eigenvalue weighted by atomic mass is 10.1. The highest BCUT2D eigenvalue weighted by molar-refractivity contribution is 6.32. The third kappa shape index (κ3) is 2.01. The highest BCUT2D eigenvalue weighted by Crippen LogP contribution is 2.17. The van der Waals surface area contributed by atoms with Crippen LogP contribution in [-0.2, 0) is 11.2 Å². The van der Waals surface area contributed by atoms with E-state index in [0.717, 1.165) is 5.82 Å². The highest BCUT2D eigenvalue weighted by Gasteiger charge is 2.21. The molecule has 0 N–H and O–H groups in total. The van der Waals surface area contributed by atoms with E-state index in [2.05, 4.69) is 15.2 Å². The summed E-state index contributed by atoms with van der Waals surface area (Å²) in [4.78, 5) is 3.95. The second kappa shape index (κ2) is 3.99. The van der Waals surface area contributed by atoms with Crippen LogP contribution in [0.1, 0.15) is 19.7 Å². The number of hydrogen-bond acceptors (Lipinski definition) is 4. The molecule has 2 aromatic heterocycles. The standard InChI is InChI=1S/C10H13ClN4O/c1-10(2,16-3)6-7-13-14-9-8(11)12-4-5-15(7)9/h4-5H,6H2,1-3H3. The number of aromatic nitrogens is 4. The molecule has 6 heteroatoms. The van der Waals surface area contributed by atoms with Crippen molar-refractivity contribution in [3.05, 3.63) is 23.4 Å². The molecule has 2 aromatic rings. The van der Waals surface area contributed by atoms with Gasteiger partial charge in [-0.15, -0.1) is 10.2 Å². The summed E-state index contributed by atoms with van der Waals surface area (Å²) in [5, 5.41) is 8.46. The van der Waals surface area contributed by atoms with Crippen molar-refractivity contribution in [2.75, 3.05) is 7.11 Å². The molecule has 0 aliphatic rings. The number of ether oxygens (including phenoxy) is 1. The summed E-state index contributed by atoms with van der Waals surface area (Å²) < 4.78 is 7.19. The van der Waals surface area contributed by atoms with E-state index in [1.54, 1.807) is 19.5 Å². The second-order valence-corrected chi connectivity index (χ2v) is 4.53. The Balaban J connectivity index is 2.43. The van der Waals surface area contributed by atoms with Crippen LogP contribution < -0.4 is 0 Å². The van der Waals surface area contributed by atoms with Crippen LogP contribution in [0, 0.1) is 0 Å². The maximum absolute atomic E-state index is 5.91. The van der Waals surface area contributed by atoms with Crippen LogP contribution in [0.5, 0.6) is 0 Å². The largest absolute Gasteiger partial charge is 0.378 e. The highest BCUT2D eigenvalue weighted by atomic mass is 35.5. The van der Waals surface area contributed by atoms with Gasteiger partial charge in [-0.1, -0.05) is 11.6 Å². The van der Waals surface area contributed by atoms with Gasteiger partial charge in [-0.25, -0.2) is 4.98 Å². The maximum Gasteiger partial charge on any atom is 0.198 e. The third-order valence-corrected chi connectivity index (χ3v) is 2.76. The van der Waals surface area contributed by atoms with E-state index in [1.165, 1.54) is 0 Å². The number of nitrogens with zero attached hydrogens (tertiary/aromatic N) is 4. The summed E-state index contributed by atoms with van der Waals surface area (Å²) in [6.07, 6.45) is 4.08. The monoisotopic (exact) mass is 240 g/mol. The van der Waals surface area contributed by atoms with Crippen molar-refractivity contribution in [2.45, 2.75) is 25.9 Å². The first-order valence-corrected chi connectivity index (χ1v) is 5.30. The Labute approximate surface area is 98.4 Å². The van der Waals surface area contributed by atoms with Crippen molar-refractivity contribution < 1.29 is 4.74 Å². The van der Waals surface area contributed by atoms with Gasteiger partial charge in [0, 0.05) is 25.9 Å². The summed E-state index contributed by atoms with van der Waals surface area (Å²) >= 11 is 5.91. The molecule has 0 atom stereocenters. The normalized spacial score (nSPS) is 12.2. The van der Waals surface area contributed by atoms with Gasteiger partial charge in [-0.2, -0.15) is 0 Å². The average molecular weight is 241 g/mol. The molecule has 2 rings (SSSR count). The van der Waals surface area contributed by atoms with Crippen LogP contribution in [0.4, 0.5) is 0 Å². The Hall–Kier alpha value is -1.20. The van der Waals surface area contributed by atoms with E-state index >= 15 is 0 Å². The molecular formula is C10H13ClN4O. The van der Waals surface area contributed by atoms with Crippen molar-refractivity contribution in [1.82, 2.24) is 19.6 Å². The van der Waals surface area contributed by atoms with Gasteiger partial charge in [0.1, 0.15) is 5.82 Å².